The van der Waals surface area contributed by atoms with E-state index >= 15 is 0 Å². The van der Waals surface area contributed by atoms with Crippen molar-refractivity contribution in [3.8, 4) is 11.5 Å². The van der Waals surface area contributed by atoms with Crippen LogP contribution in [0, 0.1) is 12.7 Å². The minimum Gasteiger partial charge on any atom is -0.451 e. The van der Waals surface area contributed by atoms with Crippen molar-refractivity contribution < 1.29 is 8.81 Å². The fourth-order valence-electron chi connectivity index (χ4n) is 2.19. The van der Waals surface area contributed by atoms with Gasteiger partial charge in [-0.1, -0.05) is 26.0 Å². The lowest BCUT2D eigenvalue weighted by Gasteiger charge is -2.10. The summed E-state index contributed by atoms with van der Waals surface area (Å²) >= 11 is 0. The lowest BCUT2D eigenvalue weighted by Crippen LogP contribution is -2.05. The summed E-state index contributed by atoms with van der Waals surface area (Å²) in [5.41, 5.74) is 7.53. The van der Waals surface area contributed by atoms with Crippen LogP contribution >= 0.6 is 0 Å². The minimum atomic E-state index is -0.387. The van der Waals surface area contributed by atoms with Crippen LogP contribution in [0.5, 0.6) is 0 Å². The molecule has 2 heterocycles. The molecule has 0 saturated heterocycles. The molecule has 108 valence electrons. The van der Waals surface area contributed by atoms with Gasteiger partial charge in [-0.05, 0) is 19.1 Å². The van der Waals surface area contributed by atoms with E-state index in [2.05, 4.69) is 9.97 Å². The van der Waals surface area contributed by atoms with Crippen molar-refractivity contribution in [1.29, 1.82) is 0 Å². The van der Waals surface area contributed by atoms with Crippen molar-refractivity contribution in [1.82, 2.24) is 9.97 Å². The summed E-state index contributed by atoms with van der Waals surface area (Å²) in [6, 6.07) is 6.60. The SMILES string of the molecule is Cc1c(N)nc(C(C)C)nc1-c1cc2cccc(F)c2o1. The van der Waals surface area contributed by atoms with Gasteiger partial charge in [0, 0.05) is 16.9 Å². The zero-order valence-corrected chi connectivity index (χ0v) is 12.1. The molecule has 0 amide bonds. The first kappa shape index (κ1) is 13.5. The zero-order valence-electron chi connectivity index (χ0n) is 12.1. The number of hydrogen-bond acceptors (Lipinski definition) is 4. The summed E-state index contributed by atoms with van der Waals surface area (Å²) < 4.78 is 19.4. The summed E-state index contributed by atoms with van der Waals surface area (Å²) in [5, 5.41) is 0.702. The third-order valence-corrected chi connectivity index (χ3v) is 3.45. The van der Waals surface area contributed by atoms with Gasteiger partial charge in [0.2, 0.25) is 0 Å². The smallest absolute Gasteiger partial charge is 0.170 e. The molecule has 1 aromatic carbocycles. The Morgan fingerprint density at radius 3 is 2.67 bits per heavy atom. The molecule has 0 atom stereocenters. The number of nitrogens with zero attached hydrogens (tertiary/aromatic N) is 2. The van der Waals surface area contributed by atoms with E-state index in [4.69, 9.17) is 10.2 Å². The predicted octanol–water partition coefficient (Wildman–Crippen LogP) is 4.04. The summed E-state index contributed by atoms with van der Waals surface area (Å²) in [6.45, 7) is 5.82. The van der Waals surface area contributed by atoms with Crippen molar-refractivity contribution in [3.05, 3.63) is 41.5 Å². The molecule has 21 heavy (non-hydrogen) atoms. The average Bonchev–Trinajstić information content (AvgIpc) is 2.86. The van der Waals surface area contributed by atoms with Gasteiger partial charge >= 0.3 is 0 Å². The summed E-state index contributed by atoms with van der Waals surface area (Å²) in [5.74, 6) is 1.33. The number of halogens is 1. The van der Waals surface area contributed by atoms with E-state index < -0.39 is 0 Å². The number of furan rings is 1. The van der Waals surface area contributed by atoms with Crippen LogP contribution < -0.4 is 5.73 Å². The van der Waals surface area contributed by atoms with Crippen LogP contribution in [0.1, 0.15) is 31.2 Å². The summed E-state index contributed by atoms with van der Waals surface area (Å²) in [7, 11) is 0. The maximum atomic E-state index is 13.8. The Morgan fingerprint density at radius 1 is 1.24 bits per heavy atom. The van der Waals surface area contributed by atoms with Gasteiger partial charge in [0.1, 0.15) is 17.3 Å². The van der Waals surface area contributed by atoms with Gasteiger partial charge in [-0.2, -0.15) is 0 Å². The highest BCUT2D eigenvalue weighted by atomic mass is 19.1. The van der Waals surface area contributed by atoms with Crippen LogP contribution in [0.25, 0.3) is 22.4 Å². The van der Waals surface area contributed by atoms with Crippen molar-refractivity contribution in [2.24, 2.45) is 0 Å². The minimum absolute atomic E-state index is 0.146. The highest BCUT2D eigenvalue weighted by Gasteiger charge is 2.17. The Balaban J connectivity index is 2.24. The van der Waals surface area contributed by atoms with Crippen LogP contribution in [0.2, 0.25) is 0 Å². The fourth-order valence-corrected chi connectivity index (χ4v) is 2.19. The van der Waals surface area contributed by atoms with E-state index in [0.717, 1.165) is 5.56 Å². The lowest BCUT2D eigenvalue weighted by atomic mass is 10.1. The van der Waals surface area contributed by atoms with Crippen molar-refractivity contribution in [2.45, 2.75) is 26.7 Å². The largest absolute Gasteiger partial charge is 0.451 e. The molecule has 0 fully saturated rings. The van der Waals surface area contributed by atoms with E-state index in [1.807, 2.05) is 20.8 Å². The standard InChI is InChI=1S/C16H16FN3O/c1-8(2)16-19-13(9(3)15(18)20-16)12-7-10-5-4-6-11(17)14(10)21-12/h4-8H,1-3H3,(H2,18,19,20). The molecule has 3 rings (SSSR count). The van der Waals surface area contributed by atoms with Gasteiger partial charge in [-0.15, -0.1) is 0 Å². The first-order valence-corrected chi connectivity index (χ1v) is 6.80. The zero-order chi connectivity index (χ0) is 15.1. The molecule has 0 aliphatic rings. The molecule has 0 spiro atoms. The number of nitrogens with two attached hydrogens (primary N) is 1. The quantitative estimate of drug-likeness (QED) is 0.771. The van der Waals surface area contributed by atoms with Gasteiger partial charge in [-0.25, -0.2) is 14.4 Å². The number of hydrogen-bond donors (Lipinski definition) is 1. The second-order valence-electron chi connectivity index (χ2n) is 5.36. The monoisotopic (exact) mass is 285 g/mol. The van der Waals surface area contributed by atoms with Gasteiger partial charge in [0.05, 0.1) is 0 Å². The van der Waals surface area contributed by atoms with Gasteiger partial charge in [0.15, 0.2) is 17.2 Å². The molecule has 0 bridgehead atoms. The number of fused-ring (bicyclic) bond motifs is 1. The molecule has 2 N–H and O–H groups in total. The van der Waals surface area contributed by atoms with Crippen molar-refractivity contribution in [3.63, 3.8) is 0 Å². The van der Waals surface area contributed by atoms with Gasteiger partial charge in [-0.3, -0.25) is 0 Å². The number of benzene rings is 1. The fraction of sp³-hybridized carbons (Fsp3) is 0.250. The van der Waals surface area contributed by atoms with Gasteiger partial charge in [0.25, 0.3) is 0 Å². The molecule has 0 aliphatic carbocycles. The number of nitrogen functional groups attached to an aromatic ring is 1. The molecule has 0 unspecified atom stereocenters. The highest BCUT2D eigenvalue weighted by Crippen LogP contribution is 2.32. The maximum absolute atomic E-state index is 13.8. The predicted molar refractivity (Wildman–Crippen MR) is 80.4 cm³/mol. The van der Waals surface area contributed by atoms with Crippen LogP contribution in [-0.2, 0) is 0 Å². The molecular formula is C16H16FN3O. The number of para-hydroxylation sites is 1. The second-order valence-corrected chi connectivity index (χ2v) is 5.36. The number of rotatable bonds is 2. The molecule has 0 saturated carbocycles. The first-order valence-electron chi connectivity index (χ1n) is 6.80. The van der Waals surface area contributed by atoms with Crippen molar-refractivity contribution >= 4 is 16.8 Å². The Morgan fingerprint density at radius 2 is 2.00 bits per heavy atom. The molecule has 5 heteroatoms. The Bertz CT molecular complexity index is 824. The van der Waals surface area contributed by atoms with E-state index in [1.54, 1.807) is 18.2 Å². The average molecular weight is 285 g/mol. The molecule has 2 aromatic heterocycles. The van der Waals surface area contributed by atoms with Crippen LogP contribution in [-0.4, -0.2) is 9.97 Å². The molecule has 4 nitrogen and oxygen atoms in total. The van der Waals surface area contributed by atoms with E-state index in [0.29, 0.717) is 28.5 Å². The maximum Gasteiger partial charge on any atom is 0.170 e. The van der Waals surface area contributed by atoms with Crippen molar-refractivity contribution in [2.75, 3.05) is 5.73 Å². The number of aromatic nitrogens is 2. The summed E-state index contributed by atoms with van der Waals surface area (Å²) in [4.78, 5) is 8.80. The van der Waals surface area contributed by atoms with Gasteiger partial charge < -0.3 is 10.2 Å². The molecular weight excluding hydrogens is 269 g/mol. The second kappa shape index (κ2) is 4.84. The Hall–Kier alpha value is -2.43. The molecule has 0 aliphatic heterocycles. The van der Waals surface area contributed by atoms with Crippen LogP contribution in [0.15, 0.2) is 28.7 Å². The van der Waals surface area contributed by atoms with E-state index in [1.165, 1.54) is 6.07 Å². The third-order valence-electron chi connectivity index (χ3n) is 3.45. The van der Waals surface area contributed by atoms with Crippen LogP contribution in [0.4, 0.5) is 10.2 Å². The van der Waals surface area contributed by atoms with Crippen LogP contribution in [0.3, 0.4) is 0 Å². The Kier molecular flexibility index (Phi) is 3.12. The lowest BCUT2D eigenvalue weighted by molar-refractivity contribution is 0.566. The highest BCUT2D eigenvalue weighted by molar-refractivity contribution is 5.83. The van der Waals surface area contributed by atoms with E-state index in [9.17, 15) is 4.39 Å². The van der Waals surface area contributed by atoms with E-state index in [-0.39, 0.29) is 17.3 Å². The molecule has 3 aromatic rings. The normalized spacial score (nSPS) is 11.5. The third kappa shape index (κ3) is 2.24. The summed E-state index contributed by atoms with van der Waals surface area (Å²) in [6.07, 6.45) is 0. The molecule has 0 radical (unpaired) electrons. The number of anilines is 1. The Labute approximate surface area is 121 Å². The topological polar surface area (TPSA) is 64.9 Å². The first-order chi connectivity index (χ1) is 9.97.